The summed E-state index contributed by atoms with van der Waals surface area (Å²) >= 11 is 7.42. The van der Waals surface area contributed by atoms with Crippen molar-refractivity contribution >= 4 is 67.8 Å². The van der Waals surface area contributed by atoms with Gasteiger partial charge < -0.3 is 0 Å². The van der Waals surface area contributed by atoms with Crippen LogP contribution in [0.5, 0.6) is 0 Å². The largest absolute Gasteiger partial charge is 0.0622 e. The number of halogens is 3. The number of aryl methyl sites for hydroxylation is 1. The normalized spacial score (nSPS) is 11.0. The van der Waals surface area contributed by atoms with Gasteiger partial charge in [0.05, 0.1) is 0 Å². The Labute approximate surface area is 283 Å². The molecule has 0 radical (unpaired) electrons. The van der Waals surface area contributed by atoms with Gasteiger partial charge in [-0.1, -0.05) is 115 Å². The average Bonchev–Trinajstić information content (AvgIpc) is 2.98. The summed E-state index contributed by atoms with van der Waals surface area (Å²) in [6.45, 7) is 2.21. The summed E-state index contributed by atoms with van der Waals surface area (Å²) < 4.78 is 3.84. The van der Waals surface area contributed by atoms with Gasteiger partial charge in [0.1, 0.15) is 0 Å². The van der Waals surface area contributed by atoms with E-state index in [0.717, 1.165) is 6.42 Å². The van der Waals surface area contributed by atoms with E-state index in [1.165, 1.54) is 71.9 Å². The Balaban J connectivity index is 1.18. The molecule has 0 atom stereocenters. The summed E-state index contributed by atoms with van der Waals surface area (Å²) in [5, 5.41) is 0. The smallest absolute Gasteiger partial charge is 0.0225 e. The number of rotatable bonds is 6. The van der Waals surface area contributed by atoms with Crippen LogP contribution < -0.4 is 0 Å². The van der Waals surface area contributed by atoms with Crippen molar-refractivity contribution < 1.29 is 0 Å². The predicted octanol–water partition coefficient (Wildman–Crippen LogP) is 12.1. The van der Waals surface area contributed by atoms with Crippen molar-refractivity contribution in [1.29, 1.82) is 0 Å². The molecule has 0 nitrogen and oxygen atoms in total. The number of hydrogen-bond acceptors (Lipinski definition) is 0. The molecular weight excluding hydrogens is 837 g/mol. The van der Waals surface area contributed by atoms with Crippen LogP contribution in [0.3, 0.4) is 0 Å². The van der Waals surface area contributed by atoms with Gasteiger partial charge in [0.15, 0.2) is 0 Å². The van der Waals surface area contributed by atoms with E-state index >= 15 is 0 Å². The van der Waals surface area contributed by atoms with Crippen molar-refractivity contribution in [3.63, 3.8) is 0 Å². The molecule has 0 saturated heterocycles. The van der Waals surface area contributed by atoms with Crippen molar-refractivity contribution in [3.05, 3.63) is 161 Å². The fourth-order valence-corrected chi connectivity index (χ4v) is 8.83. The van der Waals surface area contributed by atoms with Crippen LogP contribution in [0.15, 0.2) is 133 Å². The Hall–Kier alpha value is -2.49. The summed E-state index contributed by atoms with van der Waals surface area (Å²) in [5.74, 6) is 0. The second-order valence-corrected chi connectivity index (χ2v) is 13.8. The maximum Gasteiger partial charge on any atom is 0.0225 e. The zero-order chi connectivity index (χ0) is 28.3. The first kappa shape index (κ1) is 28.6. The molecule has 200 valence electrons. The number of hydrogen-bond donors (Lipinski definition) is 0. The Bertz CT molecular complexity index is 1620. The molecule has 3 heteroatoms. The molecule has 0 saturated carbocycles. The van der Waals surface area contributed by atoms with E-state index in [9.17, 15) is 0 Å². The molecule has 6 aromatic rings. The Morgan fingerprint density at radius 1 is 0.390 bits per heavy atom. The quantitative estimate of drug-likeness (QED) is 0.146. The Kier molecular flexibility index (Phi) is 8.93. The van der Waals surface area contributed by atoms with Gasteiger partial charge in [-0.3, -0.25) is 0 Å². The summed E-state index contributed by atoms with van der Waals surface area (Å²) in [5.41, 5.74) is 14.2. The molecule has 0 fully saturated rings. The lowest BCUT2D eigenvalue weighted by molar-refractivity contribution is 1.19. The monoisotopic (exact) mass is 864 g/mol. The van der Waals surface area contributed by atoms with Crippen molar-refractivity contribution in [2.24, 2.45) is 0 Å². The zero-order valence-electron chi connectivity index (χ0n) is 22.5. The van der Waals surface area contributed by atoms with E-state index in [1.807, 2.05) is 0 Å². The van der Waals surface area contributed by atoms with Crippen LogP contribution in [0.4, 0.5) is 0 Å². The highest BCUT2D eigenvalue weighted by Crippen LogP contribution is 2.36. The average molecular weight is 864 g/mol. The molecule has 41 heavy (non-hydrogen) atoms. The highest BCUT2D eigenvalue weighted by atomic mass is 127. The molecule has 0 aliphatic carbocycles. The fourth-order valence-electron chi connectivity index (χ4n) is 5.37. The third kappa shape index (κ3) is 6.47. The van der Waals surface area contributed by atoms with Gasteiger partial charge in [-0.25, -0.2) is 0 Å². The first-order valence-corrected chi connectivity index (χ1v) is 16.8. The lowest BCUT2D eigenvalue weighted by Crippen LogP contribution is -1.92. The fraction of sp³-hybridized carbons (Fsp3) is 0.0526. The topological polar surface area (TPSA) is 0 Å². The molecule has 0 unspecified atom stereocenters. The van der Waals surface area contributed by atoms with Crippen LogP contribution in [-0.2, 0) is 6.42 Å². The van der Waals surface area contributed by atoms with Gasteiger partial charge in [0, 0.05) is 16.3 Å². The van der Waals surface area contributed by atoms with E-state index in [0.29, 0.717) is 0 Å². The van der Waals surface area contributed by atoms with Gasteiger partial charge in [-0.2, -0.15) is 0 Å². The van der Waals surface area contributed by atoms with Crippen LogP contribution in [0.2, 0.25) is 0 Å². The molecule has 0 aliphatic rings. The first-order valence-electron chi connectivity index (χ1n) is 13.5. The third-order valence-electron chi connectivity index (χ3n) is 7.44. The van der Waals surface area contributed by atoms with E-state index in [2.05, 4.69) is 208 Å². The molecule has 0 aliphatic heterocycles. The lowest BCUT2D eigenvalue weighted by Gasteiger charge is -2.13. The highest BCUT2D eigenvalue weighted by Gasteiger charge is 2.12. The van der Waals surface area contributed by atoms with E-state index in [-0.39, 0.29) is 0 Å². The van der Waals surface area contributed by atoms with Crippen LogP contribution in [-0.4, -0.2) is 0 Å². The summed E-state index contributed by atoms with van der Waals surface area (Å²) in [6.07, 6.45) is 0.923. The minimum Gasteiger partial charge on any atom is -0.0622 e. The van der Waals surface area contributed by atoms with Crippen molar-refractivity contribution in [2.45, 2.75) is 13.3 Å². The second-order valence-electron chi connectivity index (χ2n) is 10.3. The standard InChI is InChI=1S/C38H27I3/c1-25-20-32(22-34(39)37(25)30-8-4-2-5-9-30)28-16-12-26(13-17-28)21-27-14-18-29(19-15-27)33-23-35(40)38(36(41)24-33)31-10-6-3-7-11-31/h2-20,22-24H,21H2,1H3. The number of benzene rings is 6. The minimum absolute atomic E-state index is 0.923. The van der Waals surface area contributed by atoms with Gasteiger partial charge >= 0.3 is 0 Å². The lowest BCUT2D eigenvalue weighted by atomic mass is 9.94. The minimum atomic E-state index is 0.923. The summed E-state index contributed by atoms with van der Waals surface area (Å²) in [7, 11) is 0. The second kappa shape index (κ2) is 12.8. The van der Waals surface area contributed by atoms with Crippen LogP contribution >= 0.6 is 67.8 Å². The molecule has 0 heterocycles. The summed E-state index contributed by atoms with van der Waals surface area (Å²) in [4.78, 5) is 0. The predicted molar refractivity (Wildman–Crippen MR) is 200 cm³/mol. The third-order valence-corrected chi connectivity index (χ3v) is 9.99. The molecule has 0 spiro atoms. The van der Waals surface area contributed by atoms with Gasteiger partial charge in [-0.15, -0.1) is 0 Å². The van der Waals surface area contributed by atoms with Crippen molar-refractivity contribution in [3.8, 4) is 44.5 Å². The summed E-state index contributed by atoms with van der Waals surface area (Å²) in [6, 6.07) is 48.6. The maximum absolute atomic E-state index is 2.48. The Morgan fingerprint density at radius 3 is 1.22 bits per heavy atom. The van der Waals surface area contributed by atoms with E-state index < -0.39 is 0 Å². The zero-order valence-corrected chi connectivity index (χ0v) is 29.0. The molecule has 0 N–H and O–H groups in total. The highest BCUT2D eigenvalue weighted by molar-refractivity contribution is 14.1. The van der Waals surface area contributed by atoms with Crippen LogP contribution in [0.1, 0.15) is 16.7 Å². The molecule has 6 rings (SSSR count). The van der Waals surface area contributed by atoms with E-state index in [1.54, 1.807) is 0 Å². The first-order chi connectivity index (χ1) is 20.0. The van der Waals surface area contributed by atoms with Gasteiger partial charge in [0.25, 0.3) is 0 Å². The molecule has 6 aromatic carbocycles. The van der Waals surface area contributed by atoms with E-state index in [4.69, 9.17) is 0 Å². The molecule has 0 aromatic heterocycles. The van der Waals surface area contributed by atoms with Crippen molar-refractivity contribution in [2.75, 3.05) is 0 Å². The van der Waals surface area contributed by atoms with Gasteiger partial charge in [0.2, 0.25) is 0 Å². The van der Waals surface area contributed by atoms with Gasteiger partial charge in [-0.05, 0) is 155 Å². The molecule has 0 bridgehead atoms. The molecular formula is C38H27I3. The maximum atomic E-state index is 2.48. The molecule has 0 amide bonds. The van der Waals surface area contributed by atoms with Crippen LogP contribution in [0, 0.1) is 17.6 Å². The van der Waals surface area contributed by atoms with Crippen molar-refractivity contribution in [1.82, 2.24) is 0 Å². The Morgan fingerprint density at radius 2 is 0.780 bits per heavy atom. The van der Waals surface area contributed by atoms with Crippen LogP contribution in [0.25, 0.3) is 44.5 Å². The SMILES string of the molecule is Cc1cc(-c2ccc(Cc3ccc(-c4cc(I)c(-c5ccccc5)c(I)c4)cc3)cc2)cc(I)c1-c1ccccc1.